The van der Waals surface area contributed by atoms with Crippen molar-refractivity contribution in [3.05, 3.63) is 11.6 Å². The molecule has 3 nitrogen and oxygen atoms in total. The van der Waals surface area contributed by atoms with Gasteiger partial charge >= 0.3 is 5.97 Å². The summed E-state index contributed by atoms with van der Waals surface area (Å²) in [6, 6.07) is 0. The van der Waals surface area contributed by atoms with Crippen molar-refractivity contribution in [1.29, 1.82) is 0 Å². The van der Waals surface area contributed by atoms with Gasteiger partial charge in [0.15, 0.2) is 0 Å². The van der Waals surface area contributed by atoms with Gasteiger partial charge in [-0.25, -0.2) is 4.79 Å². The summed E-state index contributed by atoms with van der Waals surface area (Å²) in [5, 5.41) is 8.65. The first-order valence-corrected chi connectivity index (χ1v) is 4.92. The largest absolute Gasteiger partial charge is 0.475 e. The lowest BCUT2D eigenvalue weighted by Crippen LogP contribution is -2.50. The second-order valence-electron chi connectivity index (χ2n) is 4.84. The normalized spacial score (nSPS) is 32.9. The van der Waals surface area contributed by atoms with E-state index < -0.39 is 11.8 Å². The van der Waals surface area contributed by atoms with Gasteiger partial charge in [0.05, 0.1) is 0 Å². The quantitative estimate of drug-likeness (QED) is 0.680. The predicted molar refractivity (Wildman–Crippen MR) is 50.7 cm³/mol. The topological polar surface area (TPSA) is 54.4 Å². The molecular weight excluding hydrogens is 180 g/mol. The molecule has 3 aliphatic rings. The van der Waals surface area contributed by atoms with Crippen molar-refractivity contribution in [2.24, 2.45) is 17.3 Å². The number of carboxylic acid groups (broad SMARTS) is 1. The second-order valence-corrected chi connectivity index (χ2v) is 4.84. The first kappa shape index (κ1) is 9.44. The zero-order chi connectivity index (χ0) is 10.5. The van der Waals surface area contributed by atoms with Crippen molar-refractivity contribution in [2.75, 3.05) is 0 Å². The summed E-state index contributed by atoms with van der Waals surface area (Å²) < 4.78 is 0. The highest BCUT2D eigenvalue weighted by atomic mass is 16.4. The Morgan fingerprint density at radius 3 is 2.57 bits per heavy atom. The molecule has 2 bridgehead atoms. The van der Waals surface area contributed by atoms with Crippen LogP contribution in [0.4, 0.5) is 0 Å². The minimum atomic E-state index is -1.32. The summed E-state index contributed by atoms with van der Waals surface area (Å²) in [6.07, 6.45) is 3.66. The Morgan fingerprint density at radius 1 is 1.50 bits per heavy atom. The molecule has 1 N–H and O–H groups in total. The van der Waals surface area contributed by atoms with Crippen LogP contribution in [0, 0.1) is 17.3 Å². The minimum Gasteiger partial charge on any atom is -0.475 e. The maximum Gasteiger partial charge on any atom is 0.376 e. The Kier molecular flexibility index (Phi) is 1.81. The van der Waals surface area contributed by atoms with Crippen LogP contribution in [0.2, 0.25) is 0 Å². The van der Waals surface area contributed by atoms with Gasteiger partial charge in [0.2, 0.25) is 0 Å². The summed E-state index contributed by atoms with van der Waals surface area (Å²) in [5.41, 5.74) is 0.653. The minimum absolute atomic E-state index is 0.120. The van der Waals surface area contributed by atoms with Crippen LogP contribution in [0.25, 0.3) is 0 Å². The standard InChI is InChI=1S/C11H14O3/c1-11(2)6-3-4-7(8(11)5-6)9(12)10(13)14/h4,6,8H,3,5H2,1-2H3,(H,13,14). The van der Waals surface area contributed by atoms with Crippen molar-refractivity contribution in [3.8, 4) is 0 Å². The Morgan fingerprint density at radius 2 is 2.14 bits per heavy atom. The van der Waals surface area contributed by atoms with E-state index in [-0.39, 0.29) is 11.3 Å². The molecule has 0 saturated heterocycles. The molecule has 2 unspecified atom stereocenters. The number of hydrogen-bond acceptors (Lipinski definition) is 2. The predicted octanol–water partition coefficient (Wildman–Crippen LogP) is 1.63. The lowest BCUT2D eigenvalue weighted by Gasteiger charge is -2.55. The number of fused-ring (bicyclic) bond motifs is 1. The van der Waals surface area contributed by atoms with Crippen LogP contribution in [-0.4, -0.2) is 16.9 Å². The fourth-order valence-corrected chi connectivity index (χ4v) is 2.73. The smallest absolute Gasteiger partial charge is 0.376 e. The third-order valence-electron chi connectivity index (χ3n) is 3.92. The molecule has 2 atom stereocenters. The van der Waals surface area contributed by atoms with Gasteiger partial charge in [-0.1, -0.05) is 19.9 Å². The average molecular weight is 194 g/mol. The highest BCUT2D eigenvalue weighted by molar-refractivity contribution is 6.39. The van der Waals surface area contributed by atoms with E-state index in [0.717, 1.165) is 12.8 Å². The van der Waals surface area contributed by atoms with Gasteiger partial charge < -0.3 is 5.11 Å². The van der Waals surface area contributed by atoms with Gasteiger partial charge in [-0.2, -0.15) is 0 Å². The van der Waals surface area contributed by atoms with E-state index >= 15 is 0 Å². The number of hydrogen-bond donors (Lipinski definition) is 1. The third-order valence-corrected chi connectivity index (χ3v) is 3.92. The SMILES string of the molecule is CC1(C)C2CC=C(C(=O)C(=O)O)C1C2. The summed E-state index contributed by atoms with van der Waals surface area (Å²) in [7, 11) is 0. The molecule has 0 radical (unpaired) electrons. The lowest BCUT2D eigenvalue weighted by atomic mass is 9.48. The number of rotatable bonds is 2. The van der Waals surface area contributed by atoms with Crippen molar-refractivity contribution < 1.29 is 14.7 Å². The van der Waals surface area contributed by atoms with E-state index in [0.29, 0.717) is 11.5 Å². The van der Waals surface area contributed by atoms with Crippen molar-refractivity contribution in [2.45, 2.75) is 26.7 Å². The second kappa shape index (κ2) is 2.69. The van der Waals surface area contributed by atoms with Crippen LogP contribution < -0.4 is 0 Å². The third kappa shape index (κ3) is 1.04. The monoisotopic (exact) mass is 194 g/mol. The lowest BCUT2D eigenvalue weighted by molar-refractivity contribution is -0.148. The highest BCUT2D eigenvalue weighted by Crippen LogP contribution is 2.59. The van der Waals surface area contributed by atoms with Gasteiger partial charge in [0.25, 0.3) is 5.78 Å². The van der Waals surface area contributed by atoms with Gasteiger partial charge in [0, 0.05) is 5.57 Å². The molecule has 0 amide bonds. The number of carbonyl (C=O) groups is 2. The summed E-state index contributed by atoms with van der Waals surface area (Å²) in [4.78, 5) is 21.9. The number of carboxylic acids is 1. The van der Waals surface area contributed by atoms with Crippen LogP contribution in [0.15, 0.2) is 11.6 Å². The van der Waals surface area contributed by atoms with E-state index in [2.05, 4.69) is 13.8 Å². The fraction of sp³-hybridized carbons (Fsp3) is 0.636. The fourth-order valence-electron chi connectivity index (χ4n) is 2.73. The van der Waals surface area contributed by atoms with Crippen molar-refractivity contribution >= 4 is 11.8 Å². The van der Waals surface area contributed by atoms with Crippen molar-refractivity contribution in [3.63, 3.8) is 0 Å². The molecule has 1 fully saturated rings. The number of carbonyl (C=O) groups excluding carboxylic acids is 1. The first-order valence-electron chi connectivity index (χ1n) is 4.92. The summed E-state index contributed by atoms with van der Waals surface area (Å²) in [6.45, 7) is 4.24. The van der Waals surface area contributed by atoms with E-state index in [1.54, 1.807) is 0 Å². The van der Waals surface area contributed by atoms with Crippen LogP contribution >= 0.6 is 0 Å². The Balaban J connectivity index is 2.27. The van der Waals surface area contributed by atoms with Crippen LogP contribution in [0.3, 0.4) is 0 Å². The van der Waals surface area contributed by atoms with Crippen LogP contribution in [0.1, 0.15) is 26.7 Å². The molecule has 0 spiro atoms. The molecule has 3 rings (SSSR count). The number of aliphatic carboxylic acids is 1. The van der Waals surface area contributed by atoms with Gasteiger partial charge in [-0.15, -0.1) is 0 Å². The number of ketones is 1. The molecule has 76 valence electrons. The molecule has 0 aromatic rings. The average Bonchev–Trinajstić information content (AvgIpc) is 2.16. The summed E-state index contributed by atoms with van der Waals surface area (Å²) >= 11 is 0. The maximum atomic E-state index is 11.4. The van der Waals surface area contributed by atoms with E-state index in [1.807, 2.05) is 6.08 Å². The van der Waals surface area contributed by atoms with Crippen LogP contribution in [0.5, 0.6) is 0 Å². The van der Waals surface area contributed by atoms with Crippen molar-refractivity contribution in [1.82, 2.24) is 0 Å². The Hall–Kier alpha value is -1.12. The first-order chi connectivity index (χ1) is 6.44. The molecule has 0 heterocycles. The number of Topliss-reactive ketones (excluding diaryl/α,β-unsaturated/α-hetero) is 1. The molecule has 3 aliphatic carbocycles. The molecule has 14 heavy (non-hydrogen) atoms. The zero-order valence-corrected chi connectivity index (χ0v) is 8.41. The Bertz CT molecular complexity index is 338. The maximum absolute atomic E-state index is 11.4. The Labute approximate surface area is 82.8 Å². The van der Waals surface area contributed by atoms with Gasteiger partial charge in [-0.3, -0.25) is 4.79 Å². The zero-order valence-electron chi connectivity index (χ0n) is 8.41. The molecule has 0 aromatic carbocycles. The summed E-state index contributed by atoms with van der Waals surface area (Å²) in [5.74, 6) is -1.22. The van der Waals surface area contributed by atoms with E-state index in [9.17, 15) is 9.59 Å². The van der Waals surface area contributed by atoms with E-state index in [4.69, 9.17) is 5.11 Å². The van der Waals surface area contributed by atoms with Gasteiger partial charge in [0.1, 0.15) is 0 Å². The molecular formula is C11H14O3. The molecule has 0 aromatic heterocycles. The molecule has 0 aliphatic heterocycles. The van der Waals surface area contributed by atoms with Gasteiger partial charge in [-0.05, 0) is 30.1 Å². The number of allylic oxidation sites excluding steroid dienone is 1. The molecule has 3 heteroatoms. The molecule has 1 saturated carbocycles. The highest BCUT2D eigenvalue weighted by Gasteiger charge is 2.53. The van der Waals surface area contributed by atoms with Crippen LogP contribution in [-0.2, 0) is 9.59 Å². The van der Waals surface area contributed by atoms with E-state index in [1.165, 1.54) is 0 Å².